The molecule has 0 bridgehead atoms. The number of aromatic nitrogens is 2. The number of hydrogen-bond donors (Lipinski definition) is 0. The monoisotopic (exact) mass is 222 g/mol. The van der Waals surface area contributed by atoms with Crippen molar-refractivity contribution in [3.05, 3.63) is 53.6 Å². The fourth-order valence-corrected chi connectivity index (χ4v) is 1.65. The van der Waals surface area contributed by atoms with E-state index in [-0.39, 0.29) is 0 Å². The number of nitrogens with zero attached hydrogens (tertiary/aromatic N) is 2. The van der Waals surface area contributed by atoms with Crippen LogP contribution in [0.2, 0.25) is 0 Å². The lowest BCUT2D eigenvalue weighted by Gasteiger charge is -2.07. The van der Waals surface area contributed by atoms with Gasteiger partial charge in [0.1, 0.15) is 5.82 Å². The fourth-order valence-electron chi connectivity index (χ4n) is 1.65. The summed E-state index contributed by atoms with van der Waals surface area (Å²) in [6.45, 7) is 2.29. The summed E-state index contributed by atoms with van der Waals surface area (Å²) in [6.07, 6.45) is 4.20. The van der Waals surface area contributed by atoms with Gasteiger partial charge in [0.2, 0.25) is 0 Å². The Morgan fingerprint density at radius 1 is 1.31 bits per heavy atom. The maximum absolute atomic E-state index is 13.4. The molecule has 4 heteroatoms. The van der Waals surface area contributed by atoms with Crippen molar-refractivity contribution in [3.8, 4) is 0 Å². The second-order valence-corrected chi connectivity index (χ2v) is 3.54. The van der Waals surface area contributed by atoms with Crippen molar-refractivity contribution in [2.45, 2.75) is 19.9 Å². The molecular weight excluding hydrogens is 210 g/mol. The van der Waals surface area contributed by atoms with Crippen LogP contribution in [0, 0.1) is 11.6 Å². The third-order valence-corrected chi connectivity index (χ3v) is 2.49. The molecule has 0 fully saturated rings. The maximum Gasteiger partial charge on any atom is 0.163 e. The average molecular weight is 222 g/mol. The van der Waals surface area contributed by atoms with Gasteiger partial charge in [0.25, 0.3) is 0 Å². The first-order valence-corrected chi connectivity index (χ1v) is 5.15. The molecule has 2 rings (SSSR count). The van der Waals surface area contributed by atoms with Crippen LogP contribution in [0.3, 0.4) is 0 Å². The van der Waals surface area contributed by atoms with E-state index in [2.05, 4.69) is 4.98 Å². The number of benzene rings is 1. The minimum Gasteiger partial charge on any atom is -0.330 e. The molecule has 0 aliphatic heterocycles. The molecule has 0 unspecified atom stereocenters. The van der Waals surface area contributed by atoms with Crippen LogP contribution in [-0.2, 0) is 13.0 Å². The molecule has 1 aromatic heterocycles. The second-order valence-electron chi connectivity index (χ2n) is 3.54. The molecule has 0 amide bonds. The predicted octanol–water partition coefficient (Wildman–Crippen LogP) is 2.77. The van der Waals surface area contributed by atoms with Crippen LogP contribution in [0.25, 0.3) is 0 Å². The molecule has 0 spiro atoms. The van der Waals surface area contributed by atoms with Crippen LogP contribution >= 0.6 is 0 Å². The quantitative estimate of drug-likeness (QED) is 0.780. The van der Waals surface area contributed by atoms with Crippen LogP contribution in [-0.4, -0.2) is 9.55 Å². The molecule has 0 radical (unpaired) electrons. The summed E-state index contributed by atoms with van der Waals surface area (Å²) in [5.41, 5.74) is 0.340. The topological polar surface area (TPSA) is 17.8 Å². The summed E-state index contributed by atoms with van der Waals surface area (Å²) in [4.78, 5) is 4.13. The van der Waals surface area contributed by atoms with Crippen LogP contribution in [0.4, 0.5) is 8.78 Å². The highest BCUT2D eigenvalue weighted by molar-refractivity contribution is 5.19. The molecule has 0 N–H and O–H groups in total. The summed E-state index contributed by atoms with van der Waals surface area (Å²) in [6, 6.07) is 4.21. The lowest BCUT2D eigenvalue weighted by Crippen LogP contribution is -2.05. The smallest absolute Gasteiger partial charge is 0.163 e. The molecular formula is C12H12F2N2. The van der Waals surface area contributed by atoms with Gasteiger partial charge < -0.3 is 4.57 Å². The highest BCUT2D eigenvalue weighted by atomic mass is 19.2. The van der Waals surface area contributed by atoms with Crippen molar-refractivity contribution in [2.75, 3.05) is 0 Å². The first-order chi connectivity index (χ1) is 7.72. The van der Waals surface area contributed by atoms with E-state index in [0.717, 1.165) is 18.3 Å². The second kappa shape index (κ2) is 4.43. The summed E-state index contributed by atoms with van der Waals surface area (Å²) >= 11 is 0. The third kappa shape index (κ3) is 1.96. The van der Waals surface area contributed by atoms with Gasteiger partial charge in [-0.1, -0.05) is 19.1 Å². The molecule has 0 saturated carbocycles. The molecule has 16 heavy (non-hydrogen) atoms. The van der Waals surface area contributed by atoms with Crippen molar-refractivity contribution < 1.29 is 8.78 Å². The van der Waals surface area contributed by atoms with Gasteiger partial charge in [-0.05, 0) is 6.07 Å². The Bertz CT molecular complexity index is 492. The van der Waals surface area contributed by atoms with Crippen LogP contribution < -0.4 is 0 Å². The number of hydrogen-bond acceptors (Lipinski definition) is 1. The van der Waals surface area contributed by atoms with Crippen LogP contribution in [0.1, 0.15) is 18.3 Å². The molecule has 1 heterocycles. The van der Waals surface area contributed by atoms with E-state index in [4.69, 9.17) is 0 Å². The first-order valence-electron chi connectivity index (χ1n) is 5.15. The van der Waals surface area contributed by atoms with Gasteiger partial charge in [0.15, 0.2) is 11.6 Å². The number of imidazole rings is 1. The van der Waals surface area contributed by atoms with Crippen molar-refractivity contribution in [1.29, 1.82) is 0 Å². The molecule has 2 aromatic rings. The van der Waals surface area contributed by atoms with Gasteiger partial charge in [-0.3, -0.25) is 0 Å². The van der Waals surface area contributed by atoms with E-state index in [9.17, 15) is 8.78 Å². The van der Waals surface area contributed by atoms with Crippen LogP contribution in [0.5, 0.6) is 0 Å². The third-order valence-electron chi connectivity index (χ3n) is 2.49. The Balaban J connectivity index is 2.30. The zero-order chi connectivity index (χ0) is 11.5. The summed E-state index contributed by atoms with van der Waals surface area (Å²) in [5.74, 6) is -0.724. The van der Waals surface area contributed by atoms with Gasteiger partial charge in [-0.2, -0.15) is 0 Å². The number of rotatable bonds is 3. The normalized spacial score (nSPS) is 10.7. The molecule has 0 aliphatic rings. The zero-order valence-corrected chi connectivity index (χ0v) is 8.95. The molecule has 1 aromatic carbocycles. The molecule has 2 nitrogen and oxygen atoms in total. The Morgan fingerprint density at radius 2 is 2.12 bits per heavy atom. The maximum atomic E-state index is 13.4. The SMILES string of the molecule is CCc1nccn1Cc1cccc(F)c1F. The highest BCUT2D eigenvalue weighted by Gasteiger charge is 2.09. The van der Waals surface area contributed by atoms with E-state index >= 15 is 0 Å². The minimum atomic E-state index is -0.810. The van der Waals surface area contributed by atoms with E-state index in [1.54, 1.807) is 18.5 Å². The Morgan fingerprint density at radius 3 is 2.88 bits per heavy atom. The van der Waals surface area contributed by atoms with Crippen molar-refractivity contribution in [2.24, 2.45) is 0 Å². The zero-order valence-electron chi connectivity index (χ0n) is 8.95. The fraction of sp³-hybridized carbons (Fsp3) is 0.250. The van der Waals surface area contributed by atoms with Gasteiger partial charge >= 0.3 is 0 Å². The molecule has 0 saturated heterocycles. The van der Waals surface area contributed by atoms with E-state index in [1.165, 1.54) is 6.07 Å². The summed E-state index contributed by atoms with van der Waals surface area (Å²) in [7, 11) is 0. The van der Waals surface area contributed by atoms with Gasteiger partial charge in [-0.15, -0.1) is 0 Å². The lowest BCUT2D eigenvalue weighted by molar-refractivity contribution is 0.494. The van der Waals surface area contributed by atoms with Gasteiger partial charge in [0.05, 0.1) is 6.54 Å². The largest absolute Gasteiger partial charge is 0.330 e. The van der Waals surface area contributed by atoms with Gasteiger partial charge in [0, 0.05) is 24.4 Å². The lowest BCUT2D eigenvalue weighted by atomic mass is 10.2. The minimum absolute atomic E-state index is 0.312. The van der Waals surface area contributed by atoms with Crippen molar-refractivity contribution in [3.63, 3.8) is 0 Å². The molecule has 84 valence electrons. The Kier molecular flexibility index (Phi) is 2.99. The number of aryl methyl sites for hydroxylation is 1. The van der Waals surface area contributed by atoms with Crippen molar-refractivity contribution in [1.82, 2.24) is 9.55 Å². The summed E-state index contributed by atoms with van der Waals surface area (Å²) < 4.78 is 28.2. The van der Waals surface area contributed by atoms with Gasteiger partial charge in [-0.25, -0.2) is 13.8 Å². The standard InChI is InChI=1S/C12H12F2N2/c1-2-11-15-6-7-16(11)8-9-4-3-5-10(13)12(9)14/h3-7H,2,8H2,1H3. The Hall–Kier alpha value is -1.71. The molecule has 0 atom stereocenters. The van der Waals surface area contributed by atoms with Crippen LogP contribution in [0.15, 0.2) is 30.6 Å². The number of halogens is 2. The summed E-state index contributed by atoms with van der Waals surface area (Å²) in [5, 5.41) is 0. The molecule has 0 aliphatic carbocycles. The van der Waals surface area contributed by atoms with Crippen molar-refractivity contribution >= 4 is 0 Å². The first kappa shape index (κ1) is 10.8. The van der Waals surface area contributed by atoms with E-state index < -0.39 is 11.6 Å². The average Bonchev–Trinajstić information content (AvgIpc) is 2.72. The van der Waals surface area contributed by atoms with E-state index in [0.29, 0.717) is 12.1 Å². The Labute approximate surface area is 92.6 Å². The van der Waals surface area contributed by atoms with E-state index in [1.807, 2.05) is 11.5 Å². The highest BCUT2D eigenvalue weighted by Crippen LogP contribution is 2.13. The predicted molar refractivity (Wildman–Crippen MR) is 57.1 cm³/mol.